The smallest absolute Gasteiger partial charge is 0.238 e. The zero-order chi connectivity index (χ0) is 27.8. The SMILES string of the molecule is N#Cc1ccc2c(c1)C(c1nc(N3CCN(CCCc4ccccc4)CC3)nc3nn(C4CCCC4)cc13)C(=O)N2. The molecular formula is C32H34N8O. The first-order valence-corrected chi connectivity index (χ1v) is 14.8. The number of anilines is 2. The van der Waals surface area contributed by atoms with E-state index in [1.165, 1.54) is 18.4 Å². The molecule has 2 aromatic heterocycles. The van der Waals surface area contributed by atoms with E-state index < -0.39 is 5.92 Å². The highest BCUT2D eigenvalue weighted by molar-refractivity contribution is 6.06. The van der Waals surface area contributed by atoms with Crippen LogP contribution in [0, 0.1) is 11.3 Å². The molecule has 9 nitrogen and oxygen atoms in total. The third kappa shape index (κ3) is 5.04. The van der Waals surface area contributed by atoms with Crippen LogP contribution in [0.3, 0.4) is 0 Å². The molecule has 2 aliphatic heterocycles. The number of aryl methyl sites for hydroxylation is 1. The molecule has 1 amide bonds. The molecule has 2 fully saturated rings. The van der Waals surface area contributed by atoms with Gasteiger partial charge in [-0.05, 0) is 61.6 Å². The van der Waals surface area contributed by atoms with E-state index >= 15 is 0 Å². The number of nitrogens with zero attached hydrogens (tertiary/aromatic N) is 7. The summed E-state index contributed by atoms with van der Waals surface area (Å²) in [6.07, 6.45) is 8.88. The molecule has 1 unspecified atom stereocenters. The average molecular weight is 547 g/mol. The van der Waals surface area contributed by atoms with Crippen LogP contribution in [0.1, 0.15) is 66.4 Å². The van der Waals surface area contributed by atoms with E-state index in [1.807, 2.05) is 16.9 Å². The van der Waals surface area contributed by atoms with Gasteiger partial charge in [0.2, 0.25) is 11.9 Å². The van der Waals surface area contributed by atoms with Crippen LogP contribution in [-0.2, 0) is 11.2 Å². The zero-order valence-electron chi connectivity index (χ0n) is 23.2. The van der Waals surface area contributed by atoms with E-state index in [-0.39, 0.29) is 5.91 Å². The van der Waals surface area contributed by atoms with Crippen LogP contribution >= 0.6 is 0 Å². The number of piperazine rings is 1. The molecule has 1 atom stereocenters. The molecule has 3 aliphatic rings. The Balaban J connectivity index is 1.16. The maximum absolute atomic E-state index is 13.4. The van der Waals surface area contributed by atoms with Crippen LogP contribution in [0.5, 0.6) is 0 Å². The van der Waals surface area contributed by atoms with Gasteiger partial charge in [0.1, 0.15) is 5.92 Å². The van der Waals surface area contributed by atoms with Gasteiger partial charge in [0, 0.05) is 38.1 Å². The Bertz CT molecular complexity index is 1610. The summed E-state index contributed by atoms with van der Waals surface area (Å²) >= 11 is 0. The first kappa shape index (κ1) is 25.7. The number of hydrogen-bond donors (Lipinski definition) is 1. The van der Waals surface area contributed by atoms with Crippen LogP contribution < -0.4 is 10.2 Å². The van der Waals surface area contributed by atoms with E-state index in [4.69, 9.17) is 15.1 Å². The number of nitriles is 1. The van der Waals surface area contributed by atoms with Gasteiger partial charge in [-0.25, -0.2) is 4.98 Å². The van der Waals surface area contributed by atoms with Crippen molar-refractivity contribution in [1.29, 1.82) is 5.26 Å². The van der Waals surface area contributed by atoms with Gasteiger partial charge >= 0.3 is 0 Å². The topological polar surface area (TPSA) is 103 Å². The minimum absolute atomic E-state index is 0.127. The molecule has 41 heavy (non-hydrogen) atoms. The second-order valence-corrected chi connectivity index (χ2v) is 11.4. The molecule has 2 aromatic carbocycles. The molecule has 0 radical (unpaired) electrons. The number of carbonyl (C=O) groups excluding carboxylic acids is 1. The van der Waals surface area contributed by atoms with Gasteiger partial charge in [-0.1, -0.05) is 43.2 Å². The minimum Gasteiger partial charge on any atom is -0.338 e. The largest absolute Gasteiger partial charge is 0.338 e. The van der Waals surface area contributed by atoms with Crippen LogP contribution in [-0.4, -0.2) is 63.3 Å². The van der Waals surface area contributed by atoms with Crippen molar-refractivity contribution < 1.29 is 4.79 Å². The lowest BCUT2D eigenvalue weighted by Gasteiger charge is -2.35. The molecule has 0 bridgehead atoms. The van der Waals surface area contributed by atoms with Gasteiger partial charge < -0.3 is 10.2 Å². The second kappa shape index (κ2) is 10.9. The molecular weight excluding hydrogens is 512 g/mol. The number of carbonyl (C=O) groups is 1. The monoisotopic (exact) mass is 546 g/mol. The van der Waals surface area contributed by atoms with E-state index in [0.717, 1.165) is 75.0 Å². The first-order valence-electron chi connectivity index (χ1n) is 14.8. The van der Waals surface area contributed by atoms with Crippen LogP contribution in [0.4, 0.5) is 11.6 Å². The molecule has 0 spiro atoms. The third-order valence-electron chi connectivity index (χ3n) is 8.84. The summed E-state index contributed by atoms with van der Waals surface area (Å²) in [5.74, 6) is -0.105. The summed E-state index contributed by atoms with van der Waals surface area (Å²) in [6.45, 7) is 4.61. The normalized spacial score (nSPS) is 19.4. The molecule has 4 heterocycles. The first-order chi connectivity index (χ1) is 20.2. The maximum Gasteiger partial charge on any atom is 0.238 e. The summed E-state index contributed by atoms with van der Waals surface area (Å²) in [5, 5.41) is 18.3. The lowest BCUT2D eigenvalue weighted by Crippen LogP contribution is -2.47. The Labute approximate surface area is 239 Å². The standard InChI is InChI=1S/C32H34N8O/c33-20-23-12-13-27-25(19-23)28(31(41)34-27)29-26-21-40(24-10-4-5-11-24)37-30(26)36-32(35-29)39-17-15-38(16-18-39)14-6-9-22-7-2-1-3-8-22/h1-3,7-8,12-13,19,21,24,28H,4-6,9-11,14-18H2,(H,34,41). The molecule has 1 aliphatic carbocycles. The van der Waals surface area contributed by atoms with Crippen molar-refractivity contribution in [3.63, 3.8) is 0 Å². The summed E-state index contributed by atoms with van der Waals surface area (Å²) in [5.41, 5.74) is 4.75. The molecule has 208 valence electrons. The highest BCUT2D eigenvalue weighted by atomic mass is 16.2. The van der Waals surface area contributed by atoms with Crippen molar-refractivity contribution in [2.24, 2.45) is 0 Å². The Kier molecular flexibility index (Phi) is 6.85. The third-order valence-corrected chi connectivity index (χ3v) is 8.84. The second-order valence-electron chi connectivity index (χ2n) is 11.4. The Morgan fingerprint density at radius 1 is 1.00 bits per heavy atom. The molecule has 7 rings (SSSR count). The fourth-order valence-corrected chi connectivity index (χ4v) is 6.58. The summed E-state index contributed by atoms with van der Waals surface area (Å²) in [7, 11) is 0. The summed E-state index contributed by atoms with van der Waals surface area (Å²) in [6, 6.07) is 18.6. The Morgan fingerprint density at radius 2 is 1.80 bits per heavy atom. The molecule has 1 N–H and O–H groups in total. The number of benzene rings is 2. The van der Waals surface area contributed by atoms with Crippen LogP contribution in [0.15, 0.2) is 54.7 Å². The Hall–Kier alpha value is -4.29. The van der Waals surface area contributed by atoms with Crippen LogP contribution in [0.25, 0.3) is 11.0 Å². The number of rotatable bonds is 7. The van der Waals surface area contributed by atoms with Crippen molar-refractivity contribution >= 4 is 28.6 Å². The summed E-state index contributed by atoms with van der Waals surface area (Å²) in [4.78, 5) is 28.1. The van der Waals surface area contributed by atoms with Gasteiger partial charge in [0.15, 0.2) is 5.65 Å². The van der Waals surface area contributed by atoms with Gasteiger partial charge in [0.05, 0.1) is 28.8 Å². The molecule has 1 saturated heterocycles. The predicted octanol–water partition coefficient (Wildman–Crippen LogP) is 4.65. The number of fused-ring (bicyclic) bond motifs is 2. The van der Waals surface area contributed by atoms with Gasteiger partial charge in [0.25, 0.3) is 0 Å². The fourth-order valence-electron chi connectivity index (χ4n) is 6.58. The lowest BCUT2D eigenvalue weighted by atomic mass is 9.94. The lowest BCUT2D eigenvalue weighted by molar-refractivity contribution is -0.116. The van der Waals surface area contributed by atoms with E-state index in [9.17, 15) is 10.1 Å². The Morgan fingerprint density at radius 3 is 2.59 bits per heavy atom. The number of nitrogens with one attached hydrogen (secondary N) is 1. The highest BCUT2D eigenvalue weighted by Crippen LogP contribution is 2.40. The van der Waals surface area contributed by atoms with Crippen molar-refractivity contribution in [3.8, 4) is 6.07 Å². The quantitative estimate of drug-likeness (QED) is 0.360. The number of hydrogen-bond acceptors (Lipinski definition) is 7. The molecule has 9 heteroatoms. The molecule has 1 saturated carbocycles. The van der Waals surface area contributed by atoms with Crippen LogP contribution in [0.2, 0.25) is 0 Å². The predicted molar refractivity (Wildman–Crippen MR) is 158 cm³/mol. The van der Waals surface area contributed by atoms with Crippen molar-refractivity contribution in [2.45, 2.75) is 50.5 Å². The molecule has 4 aromatic rings. The summed E-state index contributed by atoms with van der Waals surface area (Å²) < 4.78 is 2.05. The van der Waals surface area contributed by atoms with Crippen molar-refractivity contribution in [2.75, 3.05) is 42.9 Å². The number of aromatic nitrogens is 4. The van der Waals surface area contributed by atoms with E-state index in [2.05, 4.69) is 51.5 Å². The maximum atomic E-state index is 13.4. The van der Waals surface area contributed by atoms with Crippen molar-refractivity contribution in [1.82, 2.24) is 24.6 Å². The highest BCUT2D eigenvalue weighted by Gasteiger charge is 2.36. The van der Waals surface area contributed by atoms with Crippen molar-refractivity contribution in [3.05, 3.63) is 77.1 Å². The van der Waals surface area contributed by atoms with Gasteiger partial charge in [-0.15, -0.1) is 0 Å². The number of amides is 1. The van der Waals surface area contributed by atoms with Gasteiger partial charge in [-0.2, -0.15) is 15.3 Å². The zero-order valence-corrected chi connectivity index (χ0v) is 23.2. The van der Waals surface area contributed by atoms with E-state index in [1.54, 1.807) is 12.1 Å². The average Bonchev–Trinajstić information content (AvgIpc) is 3.76. The fraction of sp³-hybridized carbons (Fsp3) is 0.406. The van der Waals surface area contributed by atoms with Gasteiger partial charge in [-0.3, -0.25) is 14.4 Å². The van der Waals surface area contributed by atoms with E-state index in [0.29, 0.717) is 28.9 Å². The minimum atomic E-state index is -0.608.